The van der Waals surface area contributed by atoms with Crippen LogP contribution in [0.1, 0.15) is 44.1 Å². The fourth-order valence-corrected chi connectivity index (χ4v) is 5.09. The Morgan fingerprint density at radius 2 is 1.91 bits per heavy atom. The molecule has 32 heavy (non-hydrogen) atoms. The molecule has 4 N–H and O–H groups in total. The molecule has 0 spiro atoms. The molecule has 1 aliphatic carbocycles. The van der Waals surface area contributed by atoms with E-state index in [1.807, 2.05) is 25.4 Å². The average molecular weight is 433 g/mol. The molecule has 0 radical (unpaired) electrons. The van der Waals surface area contributed by atoms with Gasteiger partial charge in [0.05, 0.1) is 5.69 Å². The molecule has 0 bridgehead atoms. The molecule has 3 heterocycles. The summed E-state index contributed by atoms with van der Waals surface area (Å²) < 4.78 is 0. The first kappa shape index (κ1) is 20.9. The van der Waals surface area contributed by atoms with Gasteiger partial charge in [0.25, 0.3) is 0 Å². The average Bonchev–Trinajstić information content (AvgIpc) is 3.25. The van der Waals surface area contributed by atoms with Crippen LogP contribution in [0, 0.1) is 12.8 Å². The minimum absolute atomic E-state index is 0.156. The molecule has 7 nitrogen and oxygen atoms in total. The van der Waals surface area contributed by atoms with Crippen LogP contribution >= 0.6 is 0 Å². The zero-order chi connectivity index (χ0) is 21.9. The van der Waals surface area contributed by atoms with E-state index in [-0.39, 0.29) is 23.9 Å². The van der Waals surface area contributed by atoms with Crippen molar-refractivity contribution in [2.75, 3.05) is 18.4 Å². The number of benzene rings is 1. The molecule has 2 fully saturated rings. The number of amides is 1. The van der Waals surface area contributed by atoms with Gasteiger partial charge in [-0.05, 0) is 70.2 Å². The zero-order valence-electron chi connectivity index (χ0n) is 18.7. The maximum absolute atomic E-state index is 12.7. The van der Waals surface area contributed by atoms with E-state index in [9.17, 15) is 4.79 Å². The lowest BCUT2D eigenvalue weighted by molar-refractivity contribution is -0.126. The number of carbonyl (C=O) groups is 1. The third-order valence-corrected chi connectivity index (χ3v) is 6.88. The van der Waals surface area contributed by atoms with E-state index >= 15 is 0 Å². The van der Waals surface area contributed by atoms with E-state index in [0.717, 1.165) is 74.0 Å². The van der Waals surface area contributed by atoms with Crippen LogP contribution in [-0.2, 0) is 4.79 Å². The van der Waals surface area contributed by atoms with Crippen molar-refractivity contribution in [2.24, 2.45) is 5.92 Å². The number of fused-ring (bicyclic) bond motifs is 1. The summed E-state index contributed by atoms with van der Waals surface area (Å²) in [4.78, 5) is 25.4. The summed E-state index contributed by atoms with van der Waals surface area (Å²) in [5, 5.41) is 11.4. The highest BCUT2D eigenvalue weighted by Gasteiger charge is 2.27. The number of aromatic amines is 1. The number of hydrogen-bond donors (Lipinski definition) is 4. The van der Waals surface area contributed by atoms with Gasteiger partial charge in [-0.15, -0.1) is 0 Å². The van der Waals surface area contributed by atoms with Crippen LogP contribution in [-0.4, -0.2) is 46.0 Å². The Hall–Kier alpha value is -2.93. The Morgan fingerprint density at radius 3 is 2.78 bits per heavy atom. The van der Waals surface area contributed by atoms with Crippen molar-refractivity contribution in [2.45, 2.75) is 57.5 Å². The summed E-state index contributed by atoms with van der Waals surface area (Å²) in [6.45, 7) is 3.93. The van der Waals surface area contributed by atoms with Crippen LogP contribution in [0.5, 0.6) is 0 Å². The molecule has 2 atom stereocenters. The minimum Gasteiger partial charge on any atom is -0.360 e. The number of rotatable bonds is 5. The van der Waals surface area contributed by atoms with Crippen molar-refractivity contribution in [1.82, 2.24) is 25.6 Å². The van der Waals surface area contributed by atoms with E-state index in [4.69, 9.17) is 4.98 Å². The van der Waals surface area contributed by atoms with E-state index in [0.29, 0.717) is 5.95 Å². The Labute approximate surface area is 188 Å². The summed E-state index contributed by atoms with van der Waals surface area (Å²) in [6.07, 6.45) is 9.92. The second-order valence-electron chi connectivity index (χ2n) is 9.21. The molecule has 5 rings (SSSR count). The molecule has 1 amide bonds. The van der Waals surface area contributed by atoms with Crippen molar-refractivity contribution in [1.29, 1.82) is 0 Å². The number of carbonyl (C=O) groups excluding carboxylic acids is 1. The van der Waals surface area contributed by atoms with Gasteiger partial charge in [-0.1, -0.05) is 18.2 Å². The summed E-state index contributed by atoms with van der Waals surface area (Å²) in [7, 11) is 0. The van der Waals surface area contributed by atoms with Gasteiger partial charge in [-0.2, -0.15) is 0 Å². The molecule has 168 valence electrons. The normalized spacial score (nSPS) is 22.0. The van der Waals surface area contributed by atoms with Gasteiger partial charge < -0.3 is 20.9 Å². The predicted octanol–water partition coefficient (Wildman–Crippen LogP) is 3.77. The highest BCUT2D eigenvalue weighted by atomic mass is 16.1. The lowest BCUT2D eigenvalue weighted by Crippen LogP contribution is -2.46. The van der Waals surface area contributed by atoms with Crippen LogP contribution in [0.4, 0.5) is 5.95 Å². The molecule has 1 saturated heterocycles. The van der Waals surface area contributed by atoms with Gasteiger partial charge in [0.15, 0.2) is 0 Å². The van der Waals surface area contributed by atoms with Gasteiger partial charge in [0, 0.05) is 46.9 Å². The van der Waals surface area contributed by atoms with E-state index in [2.05, 4.69) is 44.1 Å². The van der Waals surface area contributed by atoms with E-state index < -0.39 is 0 Å². The number of nitrogens with zero attached hydrogens (tertiary/aromatic N) is 2. The SMILES string of the molecule is Cc1cnc(NC2CCCC(NC(=O)C3CCNCC3)C2)nc1-c1c[nH]c2ccccc12. The highest BCUT2D eigenvalue weighted by molar-refractivity contribution is 5.95. The molecular formula is C25H32N6O. The van der Waals surface area contributed by atoms with Crippen molar-refractivity contribution in [3.63, 3.8) is 0 Å². The van der Waals surface area contributed by atoms with Crippen LogP contribution < -0.4 is 16.0 Å². The van der Waals surface area contributed by atoms with Crippen molar-refractivity contribution < 1.29 is 4.79 Å². The second-order valence-corrected chi connectivity index (χ2v) is 9.21. The topological polar surface area (TPSA) is 94.7 Å². The van der Waals surface area contributed by atoms with Gasteiger partial charge in [-0.3, -0.25) is 4.79 Å². The van der Waals surface area contributed by atoms with E-state index in [1.165, 1.54) is 5.39 Å². The molecule has 7 heteroatoms. The molecule has 1 saturated carbocycles. The number of anilines is 1. The number of piperidine rings is 1. The van der Waals surface area contributed by atoms with E-state index in [1.54, 1.807) is 0 Å². The number of aryl methyl sites for hydroxylation is 1. The zero-order valence-corrected chi connectivity index (χ0v) is 18.7. The maximum atomic E-state index is 12.7. The fraction of sp³-hybridized carbons (Fsp3) is 0.480. The first-order valence-electron chi connectivity index (χ1n) is 11.8. The second kappa shape index (κ2) is 9.28. The first-order chi connectivity index (χ1) is 15.7. The summed E-state index contributed by atoms with van der Waals surface area (Å²) >= 11 is 0. The number of hydrogen-bond acceptors (Lipinski definition) is 5. The Bertz CT molecular complexity index is 1090. The molecule has 2 aliphatic rings. The van der Waals surface area contributed by atoms with Crippen molar-refractivity contribution in [3.8, 4) is 11.3 Å². The molecule has 2 aromatic heterocycles. The van der Waals surface area contributed by atoms with Crippen LogP contribution in [0.3, 0.4) is 0 Å². The standard InChI is InChI=1S/C25H32N6O/c1-16-14-28-25(31-23(16)21-15-27-22-8-3-2-7-20(21)22)30-19-6-4-5-18(13-19)29-24(32)17-9-11-26-12-10-17/h2-3,7-8,14-15,17-19,26-27H,4-6,9-13H2,1H3,(H,29,32)(H,28,30,31). The minimum atomic E-state index is 0.156. The quantitative estimate of drug-likeness (QED) is 0.492. The number of nitrogens with one attached hydrogen (secondary N) is 4. The Kier molecular flexibility index (Phi) is 6.08. The van der Waals surface area contributed by atoms with Gasteiger partial charge >= 0.3 is 0 Å². The van der Waals surface area contributed by atoms with Crippen LogP contribution in [0.2, 0.25) is 0 Å². The third kappa shape index (κ3) is 4.48. The Balaban J connectivity index is 1.27. The maximum Gasteiger partial charge on any atom is 0.223 e. The number of aromatic nitrogens is 3. The third-order valence-electron chi connectivity index (χ3n) is 6.88. The van der Waals surface area contributed by atoms with Crippen molar-refractivity contribution in [3.05, 3.63) is 42.2 Å². The predicted molar refractivity (Wildman–Crippen MR) is 127 cm³/mol. The van der Waals surface area contributed by atoms with Crippen LogP contribution in [0.15, 0.2) is 36.7 Å². The summed E-state index contributed by atoms with van der Waals surface area (Å²) in [6, 6.07) is 8.77. The molecule has 3 aromatic rings. The van der Waals surface area contributed by atoms with Crippen LogP contribution in [0.25, 0.3) is 22.2 Å². The molecule has 1 aromatic carbocycles. The monoisotopic (exact) mass is 432 g/mol. The van der Waals surface area contributed by atoms with Gasteiger partial charge in [-0.25, -0.2) is 9.97 Å². The first-order valence-corrected chi connectivity index (χ1v) is 11.8. The largest absolute Gasteiger partial charge is 0.360 e. The molecular weight excluding hydrogens is 400 g/mol. The number of H-pyrrole nitrogens is 1. The fourth-order valence-electron chi connectivity index (χ4n) is 5.09. The molecule has 1 aliphatic heterocycles. The summed E-state index contributed by atoms with van der Waals surface area (Å²) in [5.74, 6) is 1.04. The summed E-state index contributed by atoms with van der Waals surface area (Å²) in [5.41, 5.74) is 4.21. The van der Waals surface area contributed by atoms with Crippen molar-refractivity contribution >= 4 is 22.8 Å². The van der Waals surface area contributed by atoms with Gasteiger partial charge in [0.1, 0.15) is 0 Å². The smallest absolute Gasteiger partial charge is 0.223 e. The van der Waals surface area contributed by atoms with Gasteiger partial charge in [0.2, 0.25) is 11.9 Å². The Morgan fingerprint density at radius 1 is 1.09 bits per heavy atom. The lowest BCUT2D eigenvalue weighted by atomic mass is 9.89. The highest BCUT2D eigenvalue weighted by Crippen LogP contribution is 2.30. The lowest BCUT2D eigenvalue weighted by Gasteiger charge is -2.32. The number of para-hydroxylation sites is 1. The molecule has 2 unspecified atom stereocenters.